The van der Waals surface area contributed by atoms with Crippen LogP contribution in [0.15, 0.2) is 76.3 Å². The van der Waals surface area contributed by atoms with Gasteiger partial charge in [0.1, 0.15) is 12.4 Å². The molecule has 0 radical (unpaired) electrons. The Bertz CT molecular complexity index is 1570. The summed E-state index contributed by atoms with van der Waals surface area (Å²) in [6, 6.07) is 13.8. The average molecular weight is 730 g/mol. The van der Waals surface area contributed by atoms with Crippen molar-refractivity contribution < 1.29 is 9.66 Å². The van der Waals surface area contributed by atoms with Crippen LogP contribution in [-0.2, 0) is 6.61 Å². The number of ether oxygens (including phenoxy) is 1. The van der Waals surface area contributed by atoms with Crippen molar-refractivity contribution in [2.75, 3.05) is 0 Å². The second-order valence-electron chi connectivity index (χ2n) is 7.31. The minimum absolute atomic E-state index is 0.0268. The Morgan fingerprint density at radius 3 is 2.49 bits per heavy atom. The van der Waals surface area contributed by atoms with E-state index in [0.717, 1.165) is 23.7 Å². The first kappa shape index (κ1) is 25.7. The average Bonchev–Trinajstić information content (AvgIpc) is 2.79. The number of benzene rings is 3. The summed E-state index contributed by atoms with van der Waals surface area (Å²) in [7, 11) is 0. The molecule has 0 fully saturated rings. The summed E-state index contributed by atoms with van der Waals surface area (Å²) in [5, 5.41) is 16.5. The molecule has 1 heterocycles. The molecule has 178 valence electrons. The molecule has 0 atom stereocenters. The number of aromatic nitrogens is 2. The van der Waals surface area contributed by atoms with Crippen LogP contribution in [0.2, 0.25) is 0 Å². The molecule has 8 nitrogen and oxygen atoms in total. The monoisotopic (exact) mass is 726 g/mol. The Kier molecular flexibility index (Phi) is 7.84. The molecule has 0 amide bonds. The fourth-order valence-corrected chi connectivity index (χ4v) is 5.28. The maximum atomic E-state index is 13.1. The predicted molar refractivity (Wildman–Crippen MR) is 148 cm³/mol. The number of nitro benzene ring substituents is 1. The minimum atomic E-state index is -0.527. The maximum absolute atomic E-state index is 13.1. The van der Waals surface area contributed by atoms with Gasteiger partial charge < -0.3 is 4.74 Å². The van der Waals surface area contributed by atoms with Gasteiger partial charge in [-0.2, -0.15) is 9.78 Å². The predicted octanol–water partition coefficient (Wildman–Crippen LogP) is 7.12. The van der Waals surface area contributed by atoms with E-state index >= 15 is 0 Å². The highest BCUT2D eigenvalue weighted by molar-refractivity contribution is 9.11. The van der Waals surface area contributed by atoms with Gasteiger partial charge in [-0.3, -0.25) is 14.9 Å². The van der Waals surface area contributed by atoms with Gasteiger partial charge in [-0.1, -0.05) is 69.8 Å². The Hall–Kier alpha value is -2.41. The quantitative estimate of drug-likeness (QED) is 0.120. The van der Waals surface area contributed by atoms with Gasteiger partial charge in [0.25, 0.3) is 5.56 Å². The van der Waals surface area contributed by atoms with Crippen molar-refractivity contribution in [1.82, 2.24) is 9.66 Å². The third-order valence-corrected chi connectivity index (χ3v) is 7.11. The molecule has 35 heavy (non-hydrogen) atoms. The Morgan fingerprint density at radius 1 is 1.06 bits per heavy atom. The molecular formula is C23H14Br4N4O4. The van der Waals surface area contributed by atoms with Crippen LogP contribution in [-0.4, -0.2) is 20.8 Å². The molecule has 0 spiro atoms. The van der Waals surface area contributed by atoms with Crippen molar-refractivity contribution in [2.45, 2.75) is 13.5 Å². The van der Waals surface area contributed by atoms with Crippen molar-refractivity contribution in [1.29, 1.82) is 0 Å². The Balaban J connectivity index is 1.78. The molecule has 4 aromatic rings. The number of hydrogen-bond acceptors (Lipinski definition) is 6. The lowest BCUT2D eigenvalue weighted by atomic mass is 10.2. The van der Waals surface area contributed by atoms with Crippen LogP contribution in [0.5, 0.6) is 5.75 Å². The molecule has 0 aliphatic heterocycles. The molecule has 0 N–H and O–H groups in total. The second kappa shape index (κ2) is 10.7. The van der Waals surface area contributed by atoms with Crippen molar-refractivity contribution in [3.8, 4) is 5.75 Å². The van der Waals surface area contributed by atoms with E-state index < -0.39 is 4.92 Å². The topological polar surface area (TPSA) is 99.6 Å². The maximum Gasteiger partial charge on any atom is 0.312 e. The van der Waals surface area contributed by atoms with Crippen LogP contribution in [0.4, 0.5) is 5.69 Å². The van der Waals surface area contributed by atoms with Crippen LogP contribution < -0.4 is 10.3 Å². The molecule has 0 unspecified atom stereocenters. The normalized spacial score (nSPS) is 11.3. The summed E-state index contributed by atoms with van der Waals surface area (Å²) >= 11 is 13.5. The fraction of sp³-hybridized carbons (Fsp3) is 0.0870. The summed E-state index contributed by atoms with van der Waals surface area (Å²) in [5.41, 5.74) is 1.06. The van der Waals surface area contributed by atoms with Crippen LogP contribution in [0.25, 0.3) is 10.9 Å². The first-order valence-corrected chi connectivity index (χ1v) is 13.1. The Labute approximate surface area is 232 Å². The molecule has 0 aliphatic carbocycles. The van der Waals surface area contributed by atoms with Crippen LogP contribution >= 0.6 is 63.7 Å². The number of hydrogen-bond donors (Lipinski definition) is 0. The van der Waals surface area contributed by atoms with E-state index in [1.54, 1.807) is 31.2 Å². The lowest BCUT2D eigenvalue weighted by molar-refractivity contribution is -0.386. The van der Waals surface area contributed by atoms with Crippen LogP contribution in [0.3, 0.4) is 0 Å². The summed E-state index contributed by atoms with van der Waals surface area (Å²) in [4.78, 5) is 28.8. The van der Waals surface area contributed by atoms with E-state index in [-0.39, 0.29) is 23.6 Å². The van der Waals surface area contributed by atoms with Gasteiger partial charge in [-0.25, -0.2) is 4.98 Å². The van der Waals surface area contributed by atoms with Gasteiger partial charge in [-0.15, -0.1) is 0 Å². The van der Waals surface area contributed by atoms with Crippen molar-refractivity contribution >= 4 is 86.5 Å². The van der Waals surface area contributed by atoms with E-state index in [0.29, 0.717) is 26.8 Å². The van der Waals surface area contributed by atoms with Crippen LogP contribution in [0, 0.1) is 17.0 Å². The highest BCUT2D eigenvalue weighted by atomic mass is 79.9. The van der Waals surface area contributed by atoms with E-state index in [4.69, 9.17) is 4.74 Å². The molecule has 0 saturated carbocycles. The van der Waals surface area contributed by atoms with E-state index in [2.05, 4.69) is 73.8 Å². The van der Waals surface area contributed by atoms with Crippen molar-refractivity contribution in [2.24, 2.45) is 5.10 Å². The molecule has 0 bridgehead atoms. The molecule has 0 aliphatic rings. The lowest BCUT2D eigenvalue weighted by Crippen LogP contribution is -2.20. The second-order valence-corrected chi connectivity index (χ2v) is 10.9. The van der Waals surface area contributed by atoms with E-state index in [1.807, 2.05) is 18.2 Å². The standard InChI is InChI=1S/C23H14Br4N4O4/c1-12-29-20-5-4-15(24)7-18(20)23(32)30(12)28-10-14-6-17(26)9-21(31(33)34)22(14)35-11-13-2-3-16(25)8-19(13)27/h2-10H,11H2,1H3. The van der Waals surface area contributed by atoms with Gasteiger partial charge in [0.15, 0.2) is 0 Å². The molecular weight excluding hydrogens is 716 g/mol. The number of nitro groups is 1. The summed E-state index contributed by atoms with van der Waals surface area (Å²) in [6.45, 7) is 1.73. The number of aryl methyl sites for hydroxylation is 1. The Morgan fingerprint density at radius 2 is 1.77 bits per heavy atom. The zero-order chi connectivity index (χ0) is 25.3. The van der Waals surface area contributed by atoms with Crippen molar-refractivity contribution in [3.05, 3.63) is 104 Å². The van der Waals surface area contributed by atoms with Gasteiger partial charge in [0, 0.05) is 35.1 Å². The van der Waals surface area contributed by atoms with Gasteiger partial charge >= 0.3 is 5.69 Å². The molecule has 1 aromatic heterocycles. The number of rotatable bonds is 6. The number of halogens is 4. The smallest absolute Gasteiger partial charge is 0.312 e. The molecule has 4 rings (SSSR count). The summed E-state index contributed by atoms with van der Waals surface area (Å²) in [5.74, 6) is 0.394. The minimum Gasteiger partial charge on any atom is -0.481 e. The lowest BCUT2D eigenvalue weighted by Gasteiger charge is -2.12. The SMILES string of the molecule is Cc1nc2ccc(Br)cc2c(=O)n1N=Cc1cc(Br)cc([N+](=O)[O-])c1OCc1ccc(Br)cc1Br. The first-order chi connectivity index (χ1) is 16.6. The zero-order valence-corrected chi connectivity index (χ0v) is 24.2. The highest BCUT2D eigenvalue weighted by Crippen LogP contribution is 2.35. The third kappa shape index (κ3) is 5.71. The molecule has 12 heteroatoms. The van der Waals surface area contributed by atoms with Crippen molar-refractivity contribution in [3.63, 3.8) is 0 Å². The van der Waals surface area contributed by atoms with Gasteiger partial charge in [0.2, 0.25) is 5.75 Å². The first-order valence-electron chi connectivity index (χ1n) is 9.92. The zero-order valence-electron chi connectivity index (χ0n) is 17.8. The molecule has 0 saturated heterocycles. The van der Waals surface area contributed by atoms with Gasteiger partial charge in [-0.05, 0) is 43.3 Å². The van der Waals surface area contributed by atoms with Gasteiger partial charge in [0.05, 0.1) is 22.0 Å². The van der Waals surface area contributed by atoms with Crippen LogP contribution in [0.1, 0.15) is 17.0 Å². The fourth-order valence-electron chi connectivity index (χ4n) is 3.29. The summed E-state index contributed by atoms with van der Waals surface area (Å²) < 4.78 is 9.94. The third-order valence-electron chi connectivity index (χ3n) is 4.93. The van der Waals surface area contributed by atoms with E-state index in [1.165, 1.54) is 12.3 Å². The largest absolute Gasteiger partial charge is 0.481 e. The van der Waals surface area contributed by atoms with E-state index in [9.17, 15) is 14.9 Å². The highest BCUT2D eigenvalue weighted by Gasteiger charge is 2.21. The molecule has 3 aromatic carbocycles. The summed E-state index contributed by atoms with van der Waals surface area (Å²) in [6.07, 6.45) is 1.35. The number of nitrogens with zero attached hydrogens (tertiary/aromatic N) is 4. The number of fused-ring (bicyclic) bond motifs is 1.